The number of halogens is 1. The van der Waals surface area contributed by atoms with E-state index in [2.05, 4.69) is 5.32 Å². The molecular formula is C17H20ClNO2. The number of aliphatic hydroxyl groups excluding tert-OH is 1. The fourth-order valence-electron chi connectivity index (χ4n) is 3.29. The molecule has 3 nitrogen and oxygen atoms in total. The second kappa shape index (κ2) is 5.82. The average Bonchev–Trinajstić information content (AvgIpc) is 2.85. The number of amides is 1. The molecule has 0 saturated heterocycles. The smallest absolute Gasteiger partial charge is 0.231 e. The van der Waals surface area contributed by atoms with Crippen molar-refractivity contribution in [1.82, 2.24) is 5.32 Å². The van der Waals surface area contributed by atoms with Gasteiger partial charge in [0.2, 0.25) is 5.91 Å². The molecule has 0 aliphatic heterocycles. The van der Waals surface area contributed by atoms with E-state index in [4.69, 9.17) is 16.7 Å². The number of benzene rings is 1. The van der Waals surface area contributed by atoms with E-state index in [1.807, 2.05) is 36.4 Å². The van der Waals surface area contributed by atoms with Crippen LogP contribution in [-0.4, -0.2) is 23.7 Å². The van der Waals surface area contributed by atoms with Crippen LogP contribution in [0.15, 0.2) is 36.4 Å². The summed E-state index contributed by atoms with van der Waals surface area (Å²) in [6, 6.07) is 7.67. The molecule has 0 heterocycles. The zero-order valence-electron chi connectivity index (χ0n) is 11.9. The van der Waals surface area contributed by atoms with Crippen LogP contribution in [0.5, 0.6) is 0 Å². The molecule has 2 N–H and O–H groups in total. The minimum absolute atomic E-state index is 0.0336. The third-order valence-electron chi connectivity index (χ3n) is 4.74. The Morgan fingerprint density at radius 3 is 2.76 bits per heavy atom. The summed E-state index contributed by atoms with van der Waals surface area (Å²) in [7, 11) is 0. The topological polar surface area (TPSA) is 49.3 Å². The molecule has 3 rings (SSSR count). The summed E-state index contributed by atoms with van der Waals surface area (Å²) in [4.78, 5) is 12.8. The van der Waals surface area contributed by atoms with Crippen LogP contribution in [0.1, 0.15) is 31.2 Å². The van der Waals surface area contributed by atoms with Crippen molar-refractivity contribution in [2.24, 2.45) is 5.92 Å². The van der Waals surface area contributed by atoms with E-state index in [0.717, 1.165) is 31.2 Å². The highest BCUT2D eigenvalue weighted by molar-refractivity contribution is 6.30. The number of aliphatic hydroxyl groups is 1. The Bertz CT molecular complexity index is 566. The van der Waals surface area contributed by atoms with Crippen LogP contribution in [0.3, 0.4) is 0 Å². The van der Waals surface area contributed by atoms with Crippen LogP contribution in [0, 0.1) is 5.92 Å². The van der Waals surface area contributed by atoms with Gasteiger partial charge in [0.15, 0.2) is 0 Å². The summed E-state index contributed by atoms with van der Waals surface area (Å²) in [5, 5.41) is 13.0. The van der Waals surface area contributed by atoms with Crippen molar-refractivity contribution < 1.29 is 9.90 Å². The zero-order chi connectivity index (χ0) is 14.9. The Balaban J connectivity index is 1.74. The van der Waals surface area contributed by atoms with Gasteiger partial charge in [0, 0.05) is 23.6 Å². The number of carbonyl (C=O) groups excluding carboxylic acids is 1. The maximum atomic E-state index is 12.8. The molecule has 0 aromatic heterocycles. The van der Waals surface area contributed by atoms with Gasteiger partial charge < -0.3 is 10.4 Å². The molecule has 2 atom stereocenters. The Morgan fingerprint density at radius 2 is 2.19 bits per heavy atom. The highest BCUT2D eigenvalue weighted by Crippen LogP contribution is 2.44. The van der Waals surface area contributed by atoms with Gasteiger partial charge in [-0.3, -0.25) is 4.79 Å². The molecule has 1 saturated carbocycles. The van der Waals surface area contributed by atoms with Crippen LogP contribution in [-0.2, 0) is 10.2 Å². The van der Waals surface area contributed by atoms with Gasteiger partial charge in [0.05, 0.1) is 5.41 Å². The molecule has 2 aliphatic carbocycles. The summed E-state index contributed by atoms with van der Waals surface area (Å²) in [5.74, 6) is 0.253. The molecule has 4 heteroatoms. The van der Waals surface area contributed by atoms with E-state index in [-0.39, 0.29) is 24.5 Å². The summed E-state index contributed by atoms with van der Waals surface area (Å²) in [5.41, 5.74) is 0.593. The Morgan fingerprint density at radius 1 is 1.38 bits per heavy atom. The molecule has 112 valence electrons. The molecule has 1 aromatic carbocycles. The monoisotopic (exact) mass is 305 g/mol. The molecule has 0 unspecified atom stereocenters. The van der Waals surface area contributed by atoms with Crippen molar-refractivity contribution in [2.75, 3.05) is 6.61 Å². The predicted octanol–water partition coefficient (Wildman–Crippen LogP) is 2.81. The van der Waals surface area contributed by atoms with Gasteiger partial charge in [-0.15, -0.1) is 0 Å². The van der Waals surface area contributed by atoms with Gasteiger partial charge in [-0.1, -0.05) is 42.3 Å². The standard InChI is InChI=1S/C17H20ClNO2/c18-14-4-1-3-13(10-14)17(7-2-8-17)16(21)19-15-6-5-12(9-15)11-20/h1,3-6,10,12,15,20H,2,7-9,11H2,(H,19,21)/t12-,15+/m0/s1. The molecule has 21 heavy (non-hydrogen) atoms. The Labute approximate surface area is 130 Å². The van der Waals surface area contributed by atoms with Crippen molar-refractivity contribution in [2.45, 2.75) is 37.1 Å². The fourth-order valence-corrected chi connectivity index (χ4v) is 3.48. The molecule has 1 aromatic rings. The maximum Gasteiger partial charge on any atom is 0.231 e. The van der Waals surface area contributed by atoms with Gasteiger partial charge in [-0.05, 0) is 37.0 Å². The number of nitrogens with one attached hydrogen (secondary N) is 1. The highest BCUT2D eigenvalue weighted by Gasteiger charge is 2.46. The molecule has 2 aliphatic rings. The summed E-state index contributed by atoms with van der Waals surface area (Å²) in [6.07, 6.45) is 7.58. The number of rotatable bonds is 4. The third-order valence-corrected chi connectivity index (χ3v) is 4.98. The second-order valence-corrected chi connectivity index (χ2v) is 6.53. The van der Waals surface area contributed by atoms with Crippen molar-refractivity contribution in [3.8, 4) is 0 Å². The molecule has 0 radical (unpaired) electrons. The predicted molar refractivity (Wildman–Crippen MR) is 83.2 cm³/mol. The third kappa shape index (κ3) is 2.72. The lowest BCUT2D eigenvalue weighted by Crippen LogP contribution is -2.51. The van der Waals surface area contributed by atoms with Crippen LogP contribution < -0.4 is 5.32 Å². The minimum Gasteiger partial charge on any atom is -0.396 e. The van der Waals surface area contributed by atoms with Gasteiger partial charge in [0.25, 0.3) is 0 Å². The first-order valence-corrected chi connectivity index (χ1v) is 7.88. The van der Waals surface area contributed by atoms with Crippen LogP contribution >= 0.6 is 11.6 Å². The first-order chi connectivity index (χ1) is 10.1. The van der Waals surface area contributed by atoms with Crippen molar-refractivity contribution in [1.29, 1.82) is 0 Å². The van der Waals surface area contributed by atoms with Crippen LogP contribution in [0.2, 0.25) is 5.02 Å². The molecule has 0 spiro atoms. The van der Waals surface area contributed by atoms with E-state index in [1.54, 1.807) is 0 Å². The maximum absolute atomic E-state index is 12.8. The largest absolute Gasteiger partial charge is 0.396 e. The summed E-state index contributed by atoms with van der Waals surface area (Å²) < 4.78 is 0. The Hall–Kier alpha value is -1.32. The van der Waals surface area contributed by atoms with Gasteiger partial charge in [-0.2, -0.15) is 0 Å². The number of hydrogen-bond donors (Lipinski definition) is 2. The van der Waals surface area contributed by atoms with Gasteiger partial charge in [-0.25, -0.2) is 0 Å². The average molecular weight is 306 g/mol. The van der Waals surface area contributed by atoms with Gasteiger partial charge >= 0.3 is 0 Å². The molecule has 1 fully saturated rings. The number of hydrogen-bond acceptors (Lipinski definition) is 2. The van der Waals surface area contributed by atoms with E-state index in [0.29, 0.717) is 5.02 Å². The van der Waals surface area contributed by atoms with E-state index in [1.165, 1.54) is 0 Å². The summed E-state index contributed by atoms with van der Waals surface area (Å²) in [6.45, 7) is 0.141. The van der Waals surface area contributed by atoms with Crippen LogP contribution in [0.25, 0.3) is 0 Å². The first-order valence-electron chi connectivity index (χ1n) is 7.50. The van der Waals surface area contributed by atoms with E-state index < -0.39 is 5.41 Å². The minimum atomic E-state index is -0.421. The fraction of sp³-hybridized carbons (Fsp3) is 0.471. The zero-order valence-corrected chi connectivity index (χ0v) is 12.6. The lowest BCUT2D eigenvalue weighted by molar-refractivity contribution is -0.130. The summed E-state index contributed by atoms with van der Waals surface area (Å²) >= 11 is 6.07. The highest BCUT2D eigenvalue weighted by atomic mass is 35.5. The van der Waals surface area contributed by atoms with Crippen molar-refractivity contribution in [3.63, 3.8) is 0 Å². The lowest BCUT2D eigenvalue weighted by Gasteiger charge is -2.41. The molecule has 0 bridgehead atoms. The SMILES string of the molecule is O=C(N[C@@H]1C=C[C@H](CO)C1)C1(c2cccc(Cl)c2)CCC1. The van der Waals surface area contributed by atoms with Crippen molar-refractivity contribution >= 4 is 17.5 Å². The van der Waals surface area contributed by atoms with Crippen molar-refractivity contribution in [3.05, 3.63) is 47.0 Å². The Kier molecular flexibility index (Phi) is 4.05. The quantitative estimate of drug-likeness (QED) is 0.840. The van der Waals surface area contributed by atoms with E-state index >= 15 is 0 Å². The second-order valence-electron chi connectivity index (χ2n) is 6.09. The van der Waals surface area contributed by atoms with Gasteiger partial charge in [0.1, 0.15) is 0 Å². The lowest BCUT2D eigenvalue weighted by atomic mass is 9.63. The first kappa shape index (κ1) is 14.6. The van der Waals surface area contributed by atoms with E-state index in [9.17, 15) is 4.79 Å². The molecular weight excluding hydrogens is 286 g/mol. The normalized spacial score (nSPS) is 26.4. The number of carbonyl (C=O) groups is 1. The van der Waals surface area contributed by atoms with Crippen LogP contribution in [0.4, 0.5) is 0 Å². The molecule has 1 amide bonds.